The molecule has 2 rings (SSSR count). The van der Waals surface area contributed by atoms with Crippen LogP contribution < -0.4 is 10.6 Å². The van der Waals surface area contributed by atoms with Gasteiger partial charge in [-0.25, -0.2) is 4.79 Å². The van der Waals surface area contributed by atoms with Crippen LogP contribution in [0, 0.1) is 23.2 Å². The molecular formula is C34H67N7O5. The molecule has 0 radical (unpaired) electrons. The number of likely N-dealkylation sites (tertiary alicyclic amines) is 1. The van der Waals surface area contributed by atoms with E-state index in [1.165, 1.54) is 0 Å². The first kappa shape index (κ1) is 40.3. The van der Waals surface area contributed by atoms with Crippen LogP contribution in [0.15, 0.2) is 4.99 Å². The fraction of sp³-hybridized carbons (Fsp3) is 0.912. The molecule has 2 saturated heterocycles. The molecule has 0 aromatic heterocycles. The molecule has 0 aliphatic carbocycles. The van der Waals surface area contributed by atoms with Crippen LogP contribution in [-0.4, -0.2) is 154 Å². The third-order valence-electron chi connectivity index (χ3n) is 8.40. The summed E-state index contributed by atoms with van der Waals surface area (Å²) in [7, 11) is 5.64. The second-order valence-corrected chi connectivity index (χ2v) is 15.8. The summed E-state index contributed by atoms with van der Waals surface area (Å²) in [6.07, 6.45) is 1.64. The predicted molar refractivity (Wildman–Crippen MR) is 185 cm³/mol. The second kappa shape index (κ2) is 18.6. The first-order valence-electron chi connectivity index (χ1n) is 17.2. The highest BCUT2D eigenvalue weighted by Gasteiger charge is 2.43. The Bertz CT molecular complexity index is 943. The van der Waals surface area contributed by atoms with Gasteiger partial charge < -0.3 is 39.9 Å². The van der Waals surface area contributed by atoms with Crippen LogP contribution in [0.2, 0.25) is 0 Å². The van der Waals surface area contributed by atoms with Crippen molar-refractivity contribution in [2.24, 2.45) is 28.2 Å². The molecule has 46 heavy (non-hydrogen) atoms. The number of piperidine rings is 1. The SMILES string of the molecule is CNC(NCCCOC)C(/C=N\CC(C)(C)C)C(O)N(CC(C)C)[C@H]1C[C@@H](C(=O)N2CCN(C)CC2)CN(C(=O)OC(C)(C)C)C1. The van der Waals surface area contributed by atoms with Gasteiger partial charge in [0.15, 0.2) is 0 Å². The fourth-order valence-corrected chi connectivity index (χ4v) is 6.06. The van der Waals surface area contributed by atoms with Gasteiger partial charge in [0.05, 0.1) is 18.0 Å². The van der Waals surface area contributed by atoms with Crippen LogP contribution in [0.4, 0.5) is 4.79 Å². The first-order valence-corrected chi connectivity index (χ1v) is 17.2. The number of hydrogen-bond acceptors (Lipinski definition) is 10. The Balaban J connectivity index is 2.47. The van der Waals surface area contributed by atoms with Crippen molar-refractivity contribution in [3.63, 3.8) is 0 Å². The van der Waals surface area contributed by atoms with Crippen molar-refractivity contribution < 1.29 is 24.2 Å². The number of likely N-dealkylation sites (N-methyl/N-ethyl adjacent to an activating group) is 1. The number of piperazine rings is 1. The molecule has 0 spiro atoms. The summed E-state index contributed by atoms with van der Waals surface area (Å²) in [5.74, 6) is -0.496. The van der Waals surface area contributed by atoms with E-state index in [1.54, 1.807) is 12.0 Å². The topological polar surface area (TPSA) is 122 Å². The molecule has 3 unspecified atom stereocenters. The monoisotopic (exact) mass is 654 g/mol. The smallest absolute Gasteiger partial charge is 0.410 e. The average Bonchev–Trinajstić information content (AvgIpc) is 2.96. The molecule has 2 aliphatic heterocycles. The van der Waals surface area contributed by atoms with E-state index in [0.717, 1.165) is 19.5 Å². The molecular weight excluding hydrogens is 586 g/mol. The molecule has 0 aromatic carbocycles. The first-order chi connectivity index (χ1) is 21.5. The van der Waals surface area contributed by atoms with Crippen molar-refractivity contribution in [1.82, 2.24) is 30.2 Å². The number of aliphatic hydroxyl groups excluding tert-OH is 1. The van der Waals surface area contributed by atoms with E-state index in [4.69, 9.17) is 14.5 Å². The maximum Gasteiger partial charge on any atom is 0.410 e. The average molecular weight is 654 g/mol. The van der Waals surface area contributed by atoms with Crippen molar-refractivity contribution in [1.29, 1.82) is 0 Å². The van der Waals surface area contributed by atoms with Crippen LogP contribution in [0.25, 0.3) is 0 Å². The van der Waals surface area contributed by atoms with Crippen molar-refractivity contribution in [3.05, 3.63) is 0 Å². The Hall–Kier alpha value is -1.83. The number of nitrogens with one attached hydrogen (secondary N) is 2. The zero-order valence-corrected chi connectivity index (χ0v) is 30.8. The number of ether oxygens (including phenoxy) is 2. The number of hydrogen-bond donors (Lipinski definition) is 3. The minimum atomic E-state index is -0.929. The molecule has 0 bridgehead atoms. The lowest BCUT2D eigenvalue weighted by molar-refractivity contribution is -0.142. The summed E-state index contributed by atoms with van der Waals surface area (Å²) in [5, 5.41) is 19.2. The Morgan fingerprint density at radius 3 is 2.26 bits per heavy atom. The molecule has 2 heterocycles. The molecule has 3 N–H and O–H groups in total. The zero-order chi connectivity index (χ0) is 34.7. The van der Waals surface area contributed by atoms with Crippen molar-refractivity contribution in [2.75, 3.05) is 86.7 Å². The van der Waals surface area contributed by atoms with E-state index in [2.05, 4.69) is 62.1 Å². The van der Waals surface area contributed by atoms with Crippen LogP contribution in [0.5, 0.6) is 0 Å². The number of carbonyl (C=O) groups is 2. The van der Waals surface area contributed by atoms with E-state index in [0.29, 0.717) is 58.8 Å². The van der Waals surface area contributed by atoms with Crippen LogP contribution in [0.1, 0.15) is 68.2 Å². The van der Waals surface area contributed by atoms with Gasteiger partial charge in [0.1, 0.15) is 11.8 Å². The second-order valence-electron chi connectivity index (χ2n) is 15.8. The maximum absolute atomic E-state index is 14.0. The van der Waals surface area contributed by atoms with Crippen molar-refractivity contribution >= 4 is 18.2 Å². The number of aliphatic imine (C=N–C) groups is 1. The standard InChI is InChI=1S/C34H67N7O5/c1-25(2)21-41(31(43)28(20-36-24-33(3,4)5)29(35-9)37-13-12-18-45-11)27-19-26(30(42)39-16-14-38(10)15-17-39)22-40(23-27)32(44)46-34(6,7)8/h20,25-29,31,35,37,43H,12-19,21-24H2,1-11H3/b36-20-/t26-,27+,28?,29?,31?/m1/s1. The van der Waals surface area contributed by atoms with Crippen molar-refractivity contribution in [3.8, 4) is 0 Å². The zero-order valence-electron chi connectivity index (χ0n) is 30.8. The maximum atomic E-state index is 14.0. The van der Waals surface area contributed by atoms with E-state index in [-0.39, 0.29) is 29.4 Å². The highest BCUT2D eigenvalue weighted by atomic mass is 16.6. The summed E-state index contributed by atoms with van der Waals surface area (Å²) in [6, 6.07) is -0.260. The quantitative estimate of drug-likeness (QED) is 0.139. The minimum Gasteiger partial charge on any atom is -0.444 e. The van der Waals surface area contributed by atoms with Gasteiger partial charge in [-0.2, -0.15) is 0 Å². The molecule has 2 aliphatic rings. The molecule has 2 amide bonds. The molecule has 0 aromatic rings. The summed E-state index contributed by atoms with van der Waals surface area (Å²) < 4.78 is 11.1. The Morgan fingerprint density at radius 1 is 1.07 bits per heavy atom. The van der Waals surface area contributed by atoms with E-state index in [9.17, 15) is 14.7 Å². The van der Waals surface area contributed by atoms with E-state index < -0.39 is 29.8 Å². The molecule has 2 fully saturated rings. The predicted octanol–water partition coefficient (Wildman–Crippen LogP) is 2.57. The van der Waals surface area contributed by atoms with Crippen molar-refractivity contribution in [2.45, 2.75) is 92.3 Å². The van der Waals surface area contributed by atoms with E-state index in [1.807, 2.05) is 38.9 Å². The third-order valence-corrected chi connectivity index (χ3v) is 8.40. The van der Waals surface area contributed by atoms with Gasteiger partial charge >= 0.3 is 6.09 Å². The van der Waals surface area contributed by atoms with Crippen LogP contribution in [-0.2, 0) is 14.3 Å². The van der Waals surface area contributed by atoms with Crippen LogP contribution in [0.3, 0.4) is 0 Å². The third kappa shape index (κ3) is 13.7. The molecule has 12 heteroatoms. The summed E-state index contributed by atoms with van der Waals surface area (Å²) >= 11 is 0. The van der Waals surface area contributed by atoms with Gasteiger partial charge in [-0.15, -0.1) is 0 Å². The molecule has 0 saturated carbocycles. The van der Waals surface area contributed by atoms with E-state index >= 15 is 0 Å². The highest BCUT2D eigenvalue weighted by molar-refractivity contribution is 5.80. The largest absolute Gasteiger partial charge is 0.444 e. The minimum absolute atomic E-state index is 0.00121. The lowest BCUT2D eigenvalue weighted by atomic mass is 9.90. The Kier molecular flexibility index (Phi) is 16.4. The lowest BCUT2D eigenvalue weighted by Gasteiger charge is -2.47. The fourth-order valence-electron chi connectivity index (χ4n) is 6.06. The summed E-state index contributed by atoms with van der Waals surface area (Å²) in [5.41, 5.74) is -0.667. The summed E-state index contributed by atoms with van der Waals surface area (Å²) in [6.45, 7) is 22.5. The van der Waals surface area contributed by atoms with Gasteiger partial charge in [-0.05, 0) is 65.6 Å². The van der Waals surface area contributed by atoms with Gasteiger partial charge in [-0.3, -0.25) is 14.7 Å². The number of rotatable bonds is 15. The Morgan fingerprint density at radius 2 is 1.72 bits per heavy atom. The highest BCUT2D eigenvalue weighted by Crippen LogP contribution is 2.29. The number of methoxy groups -OCH3 is 1. The normalized spacial score (nSPS) is 22.5. The van der Waals surface area contributed by atoms with Crippen LogP contribution >= 0.6 is 0 Å². The number of amides is 2. The molecule has 12 nitrogen and oxygen atoms in total. The van der Waals surface area contributed by atoms with Gasteiger partial charge in [0.2, 0.25) is 5.91 Å². The number of carbonyl (C=O) groups excluding carboxylic acids is 2. The van der Waals surface area contributed by atoms with Gasteiger partial charge in [0, 0.05) is 78.3 Å². The molecule has 5 atom stereocenters. The van der Waals surface area contributed by atoms with Gasteiger partial charge in [0.25, 0.3) is 0 Å². The molecule has 268 valence electrons. The lowest BCUT2D eigenvalue weighted by Crippen LogP contribution is -2.62. The number of nitrogens with zero attached hydrogens (tertiary/aromatic N) is 5. The number of aliphatic hydroxyl groups is 1. The Labute approximate surface area is 279 Å². The van der Waals surface area contributed by atoms with Gasteiger partial charge in [-0.1, -0.05) is 34.6 Å². The summed E-state index contributed by atoms with van der Waals surface area (Å²) in [4.78, 5) is 40.2.